The van der Waals surface area contributed by atoms with Gasteiger partial charge in [-0.05, 0) is 0 Å². The third kappa shape index (κ3) is 5.07. The Balaban J connectivity index is 3.98. The van der Waals surface area contributed by atoms with Crippen molar-refractivity contribution in [2.45, 2.75) is 43.5 Å². The minimum atomic E-state index is -1.51. The SMILES string of the molecule is C[CH2][Ge]([Br])([CH2]C)[CH2]C=C(C)C. The van der Waals surface area contributed by atoms with Gasteiger partial charge in [0.15, 0.2) is 0 Å². The van der Waals surface area contributed by atoms with Gasteiger partial charge >= 0.3 is 80.5 Å². The van der Waals surface area contributed by atoms with Crippen LogP contribution in [-0.2, 0) is 0 Å². The van der Waals surface area contributed by atoms with Crippen LogP contribution in [0, 0.1) is 0 Å². The van der Waals surface area contributed by atoms with Gasteiger partial charge in [0, 0.05) is 0 Å². The fourth-order valence-corrected chi connectivity index (χ4v) is 5.65. The third-order valence-electron chi connectivity index (χ3n) is 2.14. The molecule has 0 aliphatic carbocycles. The molecule has 0 heterocycles. The van der Waals surface area contributed by atoms with Gasteiger partial charge in [-0.3, -0.25) is 0 Å². The fraction of sp³-hybridized carbons (Fsp3) is 0.778. The van der Waals surface area contributed by atoms with Crippen molar-refractivity contribution >= 4 is 25.4 Å². The monoisotopic (exact) mass is 280 g/mol. The zero-order chi connectivity index (χ0) is 8.91. The number of hydrogen-bond acceptors (Lipinski definition) is 0. The first-order valence-corrected chi connectivity index (χ1v) is 13.7. The Bertz CT molecular complexity index is 132. The number of halogens is 1. The maximum atomic E-state index is 3.95. The third-order valence-corrected chi connectivity index (χ3v) is 16.9. The molecule has 11 heavy (non-hydrogen) atoms. The van der Waals surface area contributed by atoms with Gasteiger partial charge in [-0.2, -0.15) is 0 Å². The van der Waals surface area contributed by atoms with Crippen molar-refractivity contribution in [2.75, 3.05) is 0 Å². The normalized spacial score (nSPS) is 11.4. The van der Waals surface area contributed by atoms with Crippen LogP contribution in [0.1, 0.15) is 27.7 Å². The fourth-order valence-electron chi connectivity index (χ4n) is 0.926. The molecule has 0 rings (SSSR count). The summed E-state index contributed by atoms with van der Waals surface area (Å²) in [4.78, 5) is 0. The summed E-state index contributed by atoms with van der Waals surface area (Å²) in [5.74, 6) is 0. The summed E-state index contributed by atoms with van der Waals surface area (Å²) in [6, 6.07) is 0. The molecule has 0 radical (unpaired) electrons. The Morgan fingerprint density at radius 3 is 2.00 bits per heavy atom. The zero-order valence-corrected chi connectivity index (χ0v) is 11.8. The van der Waals surface area contributed by atoms with E-state index in [9.17, 15) is 0 Å². The van der Waals surface area contributed by atoms with Gasteiger partial charge < -0.3 is 0 Å². The summed E-state index contributed by atoms with van der Waals surface area (Å²) in [6.45, 7) is 9.00. The molecule has 0 aliphatic rings. The molecule has 2 heteroatoms. The quantitative estimate of drug-likeness (QED) is 0.531. The number of hydrogen-bond donors (Lipinski definition) is 0. The van der Waals surface area contributed by atoms with Gasteiger partial charge in [-0.15, -0.1) is 0 Å². The maximum absolute atomic E-state index is 3.95. The average Bonchev–Trinajstić information content (AvgIpc) is 2.00. The molecular formula is C9H19BrGe. The van der Waals surface area contributed by atoms with Gasteiger partial charge in [-0.25, -0.2) is 0 Å². The number of rotatable bonds is 4. The van der Waals surface area contributed by atoms with Crippen molar-refractivity contribution in [1.29, 1.82) is 0 Å². The molecule has 0 nitrogen and oxygen atoms in total. The molecule has 66 valence electrons. The summed E-state index contributed by atoms with van der Waals surface area (Å²) in [5, 5.41) is 4.12. The van der Waals surface area contributed by atoms with Crippen molar-refractivity contribution in [3.63, 3.8) is 0 Å². The predicted octanol–water partition coefficient (Wildman–Crippen LogP) is 4.33. The van der Waals surface area contributed by atoms with Gasteiger partial charge in [0.1, 0.15) is 0 Å². The van der Waals surface area contributed by atoms with E-state index in [2.05, 4.69) is 47.8 Å². The number of allylic oxidation sites excluding steroid dienone is 2. The summed E-state index contributed by atoms with van der Waals surface area (Å²) in [6.07, 6.45) is 2.39. The van der Waals surface area contributed by atoms with Crippen molar-refractivity contribution in [2.24, 2.45) is 0 Å². The molecular weight excluding hydrogens is 261 g/mol. The van der Waals surface area contributed by atoms with Crippen LogP contribution in [0.25, 0.3) is 0 Å². The van der Waals surface area contributed by atoms with Crippen LogP contribution >= 0.6 is 14.0 Å². The Labute approximate surface area is 80.4 Å². The second kappa shape index (κ2) is 5.42. The molecule has 0 N–H and O–H groups in total. The van der Waals surface area contributed by atoms with Gasteiger partial charge in [0.2, 0.25) is 0 Å². The second-order valence-electron chi connectivity index (χ2n) is 3.34. The van der Waals surface area contributed by atoms with E-state index in [4.69, 9.17) is 0 Å². The first-order valence-electron chi connectivity index (χ1n) is 4.36. The molecule has 0 aromatic rings. The second-order valence-corrected chi connectivity index (χ2v) is 20.7. The van der Waals surface area contributed by atoms with Crippen molar-refractivity contribution in [3.05, 3.63) is 11.6 Å². The molecule has 0 aliphatic heterocycles. The molecule has 0 bridgehead atoms. The molecule has 0 spiro atoms. The Morgan fingerprint density at radius 2 is 1.73 bits per heavy atom. The molecule has 0 saturated carbocycles. The Morgan fingerprint density at radius 1 is 1.27 bits per heavy atom. The van der Waals surface area contributed by atoms with Crippen LogP contribution in [0.2, 0.25) is 15.8 Å². The van der Waals surface area contributed by atoms with Gasteiger partial charge in [-0.1, -0.05) is 0 Å². The summed E-state index contributed by atoms with van der Waals surface area (Å²) >= 11 is 2.45. The molecule has 0 aromatic heterocycles. The van der Waals surface area contributed by atoms with Crippen molar-refractivity contribution in [1.82, 2.24) is 0 Å². The summed E-state index contributed by atoms with van der Waals surface area (Å²) in [5.41, 5.74) is 1.46. The molecule has 0 atom stereocenters. The van der Waals surface area contributed by atoms with E-state index in [0.29, 0.717) is 0 Å². The molecule has 0 amide bonds. The average molecular weight is 280 g/mol. The molecule has 0 unspecified atom stereocenters. The summed E-state index contributed by atoms with van der Waals surface area (Å²) in [7, 11) is 0. The standard InChI is InChI=1S/C9H19BrGe/c1-5-11(10,6-2)8-7-9(3)4/h7H,5-6,8H2,1-4H3. The van der Waals surface area contributed by atoms with Crippen molar-refractivity contribution in [3.8, 4) is 0 Å². The van der Waals surface area contributed by atoms with E-state index >= 15 is 0 Å². The Kier molecular flexibility index (Phi) is 5.79. The van der Waals surface area contributed by atoms with Crippen LogP contribution in [0.3, 0.4) is 0 Å². The van der Waals surface area contributed by atoms with Crippen LogP contribution < -0.4 is 0 Å². The summed E-state index contributed by atoms with van der Waals surface area (Å²) < 4.78 is 0. The Hall–Kier alpha value is 0.763. The molecule has 0 saturated heterocycles. The van der Waals surface area contributed by atoms with E-state index in [0.717, 1.165) is 0 Å². The molecule has 0 aromatic carbocycles. The van der Waals surface area contributed by atoms with E-state index in [-0.39, 0.29) is 0 Å². The van der Waals surface area contributed by atoms with Crippen LogP contribution in [0.5, 0.6) is 0 Å². The van der Waals surface area contributed by atoms with Gasteiger partial charge in [0.25, 0.3) is 0 Å². The van der Waals surface area contributed by atoms with E-state index in [1.807, 2.05) is 0 Å². The first-order chi connectivity index (χ1) is 5.04. The molecule has 0 fully saturated rings. The van der Waals surface area contributed by atoms with E-state index in [1.54, 1.807) is 0 Å². The van der Waals surface area contributed by atoms with E-state index in [1.165, 1.54) is 21.3 Å². The van der Waals surface area contributed by atoms with Gasteiger partial charge in [0.05, 0.1) is 0 Å². The predicted molar refractivity (Wildman–Crippen MR) is 59.9 cm³/mol. The van der Waals surface area contributed by atoms with Crippen LogP contribution in [0.15, 0.2) is 11.6 Å². The van der Waals surface area contributed by atoms with Crippen LogP contribution in [0.4, 0.5) is 0 Å². The van der Waals surface area contributed by atoms with Crippen molar-refractivity contribution < 1.29 is 0 Å². The zero-order valence-electron chi connectivity index (χ0n) is 8.08. The minimum absolute atomic E-state index is 1.34. The van der Waals surface area contributed by atoms with Crippen LogP contribution in [-0.4, -0.2) is 11.4 Å². The first kappa shape index (κ1) is 11.8. The van der Waals surface area contributed by atoms with E-state index < -0.39 is 11.4 Å². The topological polar surface area (TPSA) is 0 Å².